The van der Waals surface area contributed by atoms with Crippen LogP contribution in [-0.4, -0.2) is 18.7 Å². The molecule has 0 spiro atoms. The monoisotopic (exact) mass is 263 g/mol. The molecule has 1 amide bonds. The second kappa shape index (κ2) is 5.24. The van der Waals surface area contributed by atoms with E-state index in [-0.39, 0.29) is 11.5 Å². The second-order valence-corrected chi connectivity index (χ2v) is 6.84. The minimum Gasteiger partial charge on any atom is -0.443 e. The van der Waals surface area contributed by atoms with Crippen LogP contribution in [0.15, 0.2) is 24.3 Å². The number of rotatable bonds is 1. The van der Waals surface area contributed by atoms with Gasteiger partial charge in [0.1, 0.15) is 5.60 Å². The predicted molar refractivity (Wildman–Crippen MR) is 79.8 cm³/mol. The molecule has 0 aliphatic heterocycles. The average molecular weight is 263 g/mol. The average Bonchev–Trinajstić information content (AvgIpc) is 2.24. The Balaban J connectivity index is 2.84. The standard InChI is InChI=1S/C16H25NO2/c1-15(2,3)12-8-10-13(11-9-12)17(7)14(18)19-16(4,5)6/h8-11H,1-7H3. The number of ether oxygens (including phenoxy) is 1. The summed E-state index contributed by atoms with van der Waals surface area (Å²) in [6, 6.07) is 8.00. The molecular weight excluding hydrogens is 238 g/mol. The molecule has 0 N–H and O–H groups in total. The quantitative estimate of drug-likeness (QED) is 0.753. The first kappa shape index (κ1) is 15.5. The van der Waals surface area contributed by atoms with Gasteiger partial charge in [-0.2, -0.15) is 0 Å². The Morgan fingerprint density at radius 2 is 1.47 bits per heavy atom. The summed E-state index contributed by atoms with van der Waals surface area (Å²) < 4.78 is 5.34. The highest BCUT2D eigenvalue weighted by molar-refractivity contribution is 5.87. The van der Waals surface area contributed by atoms with Crippen molar-refractivity contribution in [2.75, 3.05) is 11.9 Å². The maximum atomic E-state index is 11.9. The van der Waals surface area contributed by atoms with Crippen LogP contribution >= 0.6 is 0 Å². The molecule has 1 aromatic rings. The van der Waals surface area contributed by atoms with Gasteiger partial charge >= 0.3 is 6.09 Å². The van der Waals surface area contributed by atoms with Crippen LogP contribution in [0.3, 0.4) is 0 Å². The first-order valence-electron chi connectivity index (χ1n) is 6.58. The highest BCUT2D eigenvalue weighted by Crippen LogP contribution is 2.25. The Kier molecular flexibility index (Phi) is 4.28. The molecule has 0 aliphatic carbocycles. The summed E-state index contributed by atoms with van der Waals surface area (Å²) in [6.07, 6.45) is -0.337. The van der Waals surface area contributed by atoms with Crippen LogP contribution in [0, 0.1) is 0 Å². The molecule has 0 aliphatic rings. The number of anilines is 1. The first-order valence-corrected chi connectivity index (χ1v) is 6.58. The molecule has 0 unspecified atom stereocenters. The van der Waals surface area contributed by atoms with Gasteiger partial charge < -0.3 is 4.74 Å². The van der Waals surface area contributed by atoms with Crippen LogP contribution in [0.2, 0.25) is 0 Å². The largest absolute Gasteiger partial charge is 0.443 e. The van der Waals surface area contributed by atoms with E-state index >= 15 is 0 Å². The topological polar surface area (TPSA) is 29.5 Å². The summed E-state index contributed by atoms with van der Waals surface area (Å²) in [5, 5.41) is 0. The highest BCUT2D eigenvalue weighted by Gasteiger charge is 2.21. The summed E-state index contributed by atoms with van der Waals surface area (Å²) >= 11 is 0. The van der Waals surface area contributed by atoms with E-state index in [1.807, 2.05) is 32.9 Å². The number of benzene rings is 1. The fourth-order valence-corrected chi connectivity index (χ4v) is 1.62. The highest BCUT2D eigenvalue weighted by atomic mass is 16.6. The van der Waals surface area contributed by atoms with Gasteiger partial charge in [0.15, 0.2) is 0 Å². The van der Waals surface area contributed by atoms with E-state index < -0.39 is 5.60 Å². The molecule has 3 nitrogen and oxygen atoms in total. The molecule has 19 heavy (non-hydrogen) atoms. The summed E-state index contributed by atoms with van der Waals surface area (Å²) in [6.45, 7) is 12.1. The number of carbonyl (C=O) groups is 1. The summed E-state index contributed by atoms with van der Waals surface area (Å²) in [5.74, 6) is 0. The zero-order valence-electron chi connectivity index (χ0n) is 13.1. The van der Waals surface area contributed by atoms with E-state index in [2.05, 4.69) is 32.9 Å². The summed E-state index contributed by atoms with van der Waals surface area (Å²) in [5.41, 5.74) is 1.72. The maximum absolute atomic E-state index is 11.9. The number of carbonyl (C=O) groups excluding carboxylic acids is 1. The number of amides is 1. The minimum absolute atomic E-state index is 0.114. The summed E-state index contributed by atoms with van der Waals surface area (Å²) in [4.78, 5) is 13.5. The van der Waals surface area contributed by atoms with Crippen LogP contribution in [0.25, 0.3) is 0 Å². The molecule has 0 fully saturated rings. The van der Waals surface area contributed by atoms with Gasteiger partial charge in [-0.25, -0.2) is 4.79 Å². The zero-order chi connectivity index (χ0) is 14.8. The van der Waals surface area contributed by atoms with Gasteiger partial charge in [0.2, 0.25) is 0 Å². The molecule has 106 valence electrons. The van der Waals surface area contributed by atoms with Crippen molar-refractivity contribution in [1.82, 2.24) is 0 Å². The minimum atomic E-state index is -0.476. The molecular formula is C16H25NO2. The van der Waals surface area contributed by atoms with Crippen LogP contribution in [0.4, 0.5) is 10.5 Å². The normalized spacial score (nSPS) is 12.2. The fourth-order valence-electron chi connectivity index (χ4n) is 1.62. The van der Waals surface area contributed by atoms with E-state index in [1.54, 1.807) is 7.05 Å². The van der Waals surface area contributed by atoms with Gasteiger partial charge in [-0.1, -0.05) is 32.9 Å². The number of hydrogen-bond acceptors (Lipinski definition) is 2. The van der Waals surface area contributed by atoms with Crippen molar-refractivity contribution in [2.45, 2.75) is 52.6 Å². The van der Waals surface area contributed by atoms with E-state index in [0.29, 0.717) is 0 Å². The van der Waals surface area contributed by atoms with Crippen LogP contribution in [-0.2, 0) is 10.2 Å². The Morgan fingerprint density at radius 3 is 1.84 bits per heavy atom. The zero-order valence-corrected chi connectivity index (χ0v) is 13.1. The Hall–Kier alpha value is -1.51. The third-order valence-electron chi connectivity index (χ3n) is 2.79. The molecule has 0 radical (unpaired) electrons. The van der Waals surface area contributed by atoms with Gasteiger partial charge in [0, 0.05) is 12.7 Å². The van der Waals surface area contributed by atoms with Crippen LogP contribution in [0.1, 0.15) is 47.1 Å². The smallest absolute Gasteiger partial charge is 0.414 e. The predicted octanol–water partition coefficient (Wildman–Crippen LogP) is 4.36. The molecule has 0 bridgehead atoms. The van der Waals surface area contributed by atoms with Crippen molar-refractivity contribution in [3.05, 3.63) is 29.8 Å². The Morgan fingerprint density at radius 1 is 1.00 bits per heavy atom. The number of hydrogen-bond donors (Lipinski definition) is 0. The molecule has 1 rings (SSSR count). The summed E-state index contributed by atoms with van der Waals surface area (Å²) in [7, 11) is 1.72. The van der Waals surface area contributed by atoms with Crippen molar-refractivity contribution in [3.8, 4) is 0 Å². The van der Waals surface area contributed by atoms with E-state index in [9.17, 15) is 4.79 Å². The van der Waals surface area contributed by atoms with Gasteiger partial charge in [0.25, 0.3) is 0 Å². The third-order valence-corrected chi connectivity index (χ3v) is 2.79. The molecule has 0 saturated carbocycles. The fraction of sp³-hybridized carbons (Fsp3) is 0.562. The lowest BCUT2D eigenvalue weighted by Gasteiger charge is -2.25. The van der Waals surface area contributed by atoms with Gasteiger partial charge in [-0.15, -0.1) is 0 Å². The van der Waals surface area contributed by atoms with E-state index in [1.165, 1.54) is 10.5 Å². The third kappa shape index (κ3) is 4.58. The van der Waals surface area contributed by atoms with Gasteiger partial charge in [-0.05, 0) is 43.9 Å². The first-order chi connectivity index (χ1) is 8.50. The van der Waals surface area contributed by atoms with Crippen molar-refractivity contribution in [1.29, 1.82) is 0 Å². The molecule has 3 heteroatoms. The van der Waals surface area contributed by atoms with Gasteiger partial charge in [0.05, 0.1) is 0 Å². The van der Waals surface area contributed by atoms with Crippen molar-refractivity contribution in [2.24, 2.45) is 0 Å². The molecule has 0 heterocycles. The lowest BCUT2D eigenvalue weighted by Crippen LogP contribution is -2.34. The lowest BCUT2D eigenvalue weighted by molar-refractivity contribution is 0.0589. The van der Waals surface area contributed by atoms with E-state index in [4.69, 9.17) is 4.74 Å². The Bertz CT molecular complexity index is 435. The van der Waals surface area contributed by atoms with Crippen LogP contribution < -0.4 is 4.90 Å². The van der Waals surface area contributed by atoms with Crippen molar-refractivity contribution < 1.29 is 9.53 Å². The van der Waals surface area contributed by atoms with Crippen LogP contribution in [0.5, 0.6) is 0 Å². The van der Waals surface area contributed by atoms with E-state index in [0.717, 1.165) is 5.69 Å². The molecule has 0 atom stereocenters. The van der Waals surface area contributed by atoms with Crippen molar-refractivity contribution >= 4 is 11.8 Å². The molecule has 1 aromatic carbocycles. The Labute approximate surface area is 116 Å². The van der Waals surface area contributed by atoms with Crippen molar-refractivity contribution in [3.63, 3.8) is 0 Å². The molecule has 0 saturated heterocycles. The molecule has 0 aromatic heterocycles. The lowest BCUT2D eigenvalue weighted by atomic mass is 9.87. The second-order valence-electron chi connectivity index (χ2n) is 6.84. The maximum Gasteiger partial charge on any atom is 0.414 e. The number of nitrogens with zero attached hydrogens (tertiary/aromatic N) is 1. The SMILES string of the molecule is CN(C(=O)OC(C)(C)C)c1ccc(C(C)(C)C)cc1. The van der Waals surface area contributed by atoms with Gasteiger partial charge in [-0.3, -0.25) is 4.90 Å².